The molecule has 3 heteroatoms. The average Bonchev–Trinajstić information content (AvgIpc) is 2.70. The maximum Gasteiger partial charge on any atom is 0.111 e. The second kappa shape index (κ2) is 6.54. The van der Waals surface area contributed by atoms with E-state index in [4.69, 9.17) is 0 Å². The molecule has 0 spiro atoms. The normalized spacial score (nSPS) is 26.4. The summed E-state index contributed by atoms with van der Waals surface area (Å²) in [5.41, 5.74) is -0.144. The molecule has 2 aliphatic heterocycles. The van der Waals surface area contributed by atoms with E-state index in [1.165, 1.54) is 38.6 Å². The summed E-state index contributed by atoms with van der Waals surface area (Å²) in [7, 11) is 0. The summed E-state index contributed by atoms with van der Waals surface area (Å²) in [5, 5.41) is 9.69. The predicted octanol–water partition coefficient (Wildman–Crippen LogP) is 2.63. The maximum atomic E-state index is 9.69. The number of piperidine rings is 1. The third kappa shape index (κ3) is 3.05. The Hall–Kier alpha value is -0.590. The molecular formula is C15H27N3. The second-order valence-electron chi connectivity index (χ2n) is 5.89. The van der Waals surface area contributed by atoms with Gasteiger partial charge in [0.2, 0.25) is 0 Å². The van der Waals surface area contributed by atoms with Gasteiger partial charge in [-0.3, -0.25) is 4.90 Å². The van der Waals surface area contributed by atoms with Gasteiger partial charge in [0.15, 0.2) is 0 Å². The molecule has 2 aliphatic rings. The third-order valence-electron chi connectivity index (χ3n) is 4.64. The zero-order chi connectivity index (χ0) is 12.8. The van der Waals surface area contributed by atoms with Crippen LogP contribution in [0.1, 0.15) is 51.9 Å². The van der Waals surface area contributed by atoms with Crippen molar-refractivity contribution < 1.29 is 0 Å². The van der Waals surface area contributed by atoms with E-state index in [0.717, 1.165) is 39.0 Å². The minimum atomic E-state index is -0.144. The molecule has 102 valence electrons. The number of hydrogen-bond acceptors (Lipinski definition) is 3. The Morgan fingerprint density at radius 2 is 1.61 bits per heavy atom. The molecule has 3 nitrogen and oxygen atoms in total. The Bertz CT molecular complexity index is 279. The van der Waals surface area contributed by atoms with E-state index >= 15 is 0 Å². The first-order chi connectivity index (χ1) is 8.80. The molecule has 0 aliphatic carbocycles. The van der Waals surface area contributed by atoms with Gasteiger partial charge in [0.05, 0.1) is 6.07 Å². The van der Waals surface area contributed by atoms with Crippen molar-refractivity contribution in [2.24, 2.45) is 0 Å². The molecule has 2 rings (SSSR count). The van der Waals surface area contributed by atoms with Gasteiger partial charge < -0.3 is 4.90 Å². The van der Waals surface area contributed by atoms with Crippen LogP contribution >= 0.6 is 0 Å². The predicted molar refractivity (Wildman–Crippen MR) is 74.4 cm³/mol. The van der Waals surface area contributed by atoms with Crippen LogP contribution in [0.4, 0.5) is 0 Å². The molecule has 0 amide bonds. The highest BCUT2D eigenvalue weighted by atomic mass is 15.2. The van der Waals surface area contributed by atoms with E-state index in [1.54, 1.807) is 0 Å². The molecule has 0 unspecified atom stereocenters. The van der Waals surface area contributed by atoms with Crippen LogP contribution in [0.3, 0.4) is 0 Å². The van der Waals surface area contributed by atoms with Crippen molar-refractivity contribution in [3.8, 4) is 6.07 Å². The summed E-state index contributed by atoms with van der Waals surface area (Å²) >= 11 is 0. The molecule has 0 aromatic rings. The summed E-state index contributed by atoms with van der Waals surface area (Å²) in [4.78, 5) is 5.02. The first-order valence-corrected chi connectivity index (χ1v) is 7.69. The average molecular weight is 249 g/mol. The van der Waals surface area contributed by atoms with Crippen LogP contribution in [0.25, 0.3) is 0 Å². The number of nitrogens with zero attached hydrogens (tertiary/aromatic N) is 3. The van der Waals surface area contributed by atoms with Crippen molar-refractivity contribution in [3.63, 3.8) is 0 Å². The quantitative estimate of drug-likeness (QED) is 0.770. The molecule has 0 aromatic heterocycles. The number of likely N-dealkylation sites (tertiary alicyclic amines) is 2. The molecule has 0 bridgehead atoms. The fraction of sp³-hybridized carbons (Fsp3) is 0.933. The molecule has 2 heterocycles. The summed E-state index contributed by atoms with van der Waals surface area (Å²) in [5.74, 6) is 0. The van der Waals surface area contributed by atoms with Gasteiger partial charge in [0.1, 0.15) is 5.54 Å². The van der Waals surface area contributed by atoms with Gasteiger partial charge in [0, 0.05) is 13.1 Å². The zero-order valence-electron chi connectivity index (χ0n) is 11.8. The molecule has 2 fully saturated rings. The van der Waals surface area contributed by atoms with Gasteiger partial charge in [-0.25, -0.2) is 0 Å². The molecule has 18 heavy (non-hydrogen) atoms. The van der Waals surface area contributed by atoms with Crippen molar-refractivity contribution in [2.45, 2.75) is 57.4 Å². The topological polar surface area (TPSA) is 30.3 Å². The van der Waals surface area contributed by atoms with E-state index < -0.39 is 0 Å². The SMILES string of the molecule is CCCN1CCC(C#N)(N2CCCCCC2)CC1. The van der Waals surface area contributed by atoms with Gasteiger partial charge in [-0.05, 0) is 51.7 Å². The van der Waals surface area contributed by atoms with Crippen molar-refractivity contribution in [1.29, 1.82) is 5.26 Å². The number of rotatable bonds is 3. The molecule has 0 radical (unpaired) electrons. The lowest BCUT2D eigenvalue weighted by atomic mass is 9.86. The minimum Gasteiger partial charge on any atom is -0.303 e. The maximum absolute atomic E-state index is 9.69. The van der Waals surface area contributed by atoms with E-state index in [-0.39, 0.29) is 5.54 Å². The Balaban J connectivity index is 1.97. The third-order valence-corrected chi connectivity index (χ3v) is 4.64. The van der Waals surface area contributed by atoms with Crippen molar-refractivity contribution in [3.05, 3.63) is 0 Å². The first kappa shape index (κ1) is 13.8. The fourth-order valence-corrected chi connectivity index (χ4v) is 3.46. The number of hydrogen-bond donors (Lipinski definition) is 0. The Labute approximate surface area is 112 Å². The minimum absolute atomic E-state index is 0.144. The Morgan fingerprint density at radius 3 is 2.11 bits per heavy atom. The van der Waals surface area contributed by atoms with Crippen LogP contribution in [0, 0.1) is 11.3 Å². The van der Waals surface area contributed by atoms with E-state index in [9.17, 15) is 5.26 Å². The molecule has 2 saturated heterocycles. The monoisotopic (exact) mass is 249 g/mol. The smallest absolute Gasteiger partial charge is 0.111 e. The van der Waals surface area contributed by atoms with Gasteiger partial charge in [-0.15, -0.1) is 0 Å². The highest BCUT2D eigenvalue weighted by Gasteiger charge is 2.39. The lowest BCUT2D eigenvalue weighted by Gasteiger charge is -2.44. The van der Waals surface area contributed by atoms with Crippen molar-refractivity contribution in [1.82, 2.24) is 9.80 Å². The van der Waals surface area contributed by atoms with Gasteiger partial charge >= 0.3 is 0 Å². The lowest BCUT2D eigenvalue weighted by Crippen LogP contribution is -2.55. The van der Waals surface area contributed by atoms with Crippen LogP contribution in [0.15, 0.2) is 0 Å². The fourth-order valence-electron chi connectivity index (χ4n) is 3.46. The van der Waals surface area contributed by atoms with Crippen LogP contribution in [-0.2, 0) is 0 Å². The Kier molecular flexibility index (Phi) is 5.03. The molecule has 0 aromatic carbocycles. The summed E-state index contributed by atoms with van der Waals surface area (Å²) in [6, 6.07) is 2.68. The summed E-state index contributed by atoms with van der Waals surface area (Å²) < 4.78 is 0. The number of nitriles is 1. The van der Waals surface area contributed by atoms with E-state index in [0.29, 0.717) is 0 Å². The first-order valence-electron chi connectivity index (χ1n) is 7.69. The highest BCUT2D eigenvalue weighted by Crippen LogP contribution is 2.30. The van der Waals surface area contributed by atoms with Crippen LogP contribution < -0.4 is 0 Å². The van der Waals surface area contributed by atoms with Gasteiger partial charge in [-0.1, -0.05) is 19.8 Å². The van der Waals surface area contributed by atoms with Crippen LogP contribution in [-0.4, -0.2) is 48.1 Å². The standard InChI is InChI=1S/C15H27N3/c1-2-9-17-12-7-15(14-16,8-13-17)18-10-5-3-4-6-11-18/h2-13H2,1H3. The highest BCUT2D eigenvalue weighted by molar-refractivity contribution is 5.11. The molecule has 0 N–H and O–H groups in total. The molecule has 0 atom stereocenters. The lowest BCUT2D eigenvalue weighted by molar-refractivity contribution is 0.0631. The summed E-state index contributed by atoms with van der Waals surface area (Å²) in [6.45, 7) is 7.93. The van der Waals surface area contributed by atoms with E-state index in [2.05, 4.69) is 22.8 Å². The van der Waals surface area contributed by atoms with Crippen LogP contribution in [0.2, 0.25) is 0 Å². The van der Waals surface area contributed by atoms with E-state index in [1.807, 2.05) is 0 Å². The van der Waals surface area contributed by atoms with Gasteiger partial charge in [0.25, 0.3) is 0 Å². The zero-order valence-corrected chi connectivity index (χ0v) is 11.8. The van der Waals surface area contributed by atoms with Gasteiger partial charge in [-0.2, -0.15) is 5.26 Å². The molecular weight excluding hydrogens is 222 g/mol. The Morgan fingerprint density at radius 1 is 1.00 bits per heavy atom. The van der Waals surface area contributed by atoms with Crippen LogP contribution in [0.5, 0.6) is 0 Å². The second-order valence-corrected chi connectivity index (χ2v) is 5.89. The summed E-state index contributed by atoms with van der Waals surface area (Å²) in [6.07, 6.45) is 8.57. The largest absolute Gasteiger partial charge is 0.303 e. The molecule has 0 saturated carbocycles. The van der Waals surface area contributed by atoms with Crippen molar-refractivity contribution >= 4 is 0 Å². The van der Waals surface area contributed by atoms with Crippen molar-refractivity contribution in [2.75, 3.05) is 32.7 Å².